The first kappa shape index (κ1) is 21.1. The van der Waals surface area contributed by atoms with Gasteiger partial charge < -0.3 is 19.8 Å². The number of imide groups is 1. The van der Waals surface area contributed by atoms with Crippen molar-refractivity contribution in [2.75, 3.05) is 19.8 Å². The van der Waals surface area contributed by atoms with Gasteiger partial charge in [0.25, 0.3) is 5.91 Å². The van der Waals surface area contributed by atoms with Gasteiger partial charge in [-0.2, -0.15) is 0 Å². The number of phenols is 1. The molecule has 4 rings (SSSR count). The molecule has 1 aliphatic carbocycles. The Hall–Kier alpha value is -3.19. The van der Waals surface area contributed by atoms with Crippen molar-refractivity contribution in [3.63, 3.8) is 0 Å². The predicted octanol–water partition coefficient (Wildman–Crippen LogP) is 1.59. The fraction of sp³-hybridized carbons (Fsp3) is 0.389. The summed E-state index contributed by atoms with van der Waals surface area (Å²) in [5.74, 6) is -4.92. The Morgan fingerprint density at radius 1 is 1.26 bits per heavy atom. The summed E-state index contributed by atoms with van der Waals surface area (Å²) in [6.45, 7) is -0.758. The summed E-state index contributed by atoms with van der Waals surface area (Å²) in [7, 11) is 0. The molecule has 3 amide bonds. The minimum absolute atomic E-state index is 0.0382. The minimum atomic E-state index is -1.17. The third-order valence-electron chi connectivity index (χ3n) is 5.09. The Kier molecular flexibility index (Phi) is 5.31. The van der Waals surface area contributed by atoms with Crippen LogP contribution in [0.3, 0.4) is 0 Å². The summed E-state index contributed by atoms with van der Waals surface area (Å²) in [6, 6.07) is 1.48. The number of carboxylic acid groups (broad SMARTS) is 1. The van der Waals surface area contributed by atoms with E-state index in [1.807, 2.05) is 0 Å². The van der Waals surface area contributed by atoms with Gasteiger partial charge in [0.15, 0.2) is 22.4 Å². The molecule has 164 valence electrons. The van der Waals surface area contributed by atoms with Crippen molar-refractivity contribution < 1.29 is 38.1 Å². The van der Waals surface area contributed by atoms with Crippen LogP contribution in [0.4, 0.5) is 13.6 Å². The number of nitrogens with zero attached hydrogens (tertiary/aromatic N) is 4. The lowest BCUT2D eigenvalue weighted by atomic mass is 10.2. The monoisotopic (exact) mass is 454 g/mol. The summed E-state index contributed by atoms with van der Waals surface area (Å²) in [4.78, 5) is 38.4. The number of aromatic hydroxyl groups is 1. The molecule has 1 saturated carbocycles. The first-order valence-corrected chi connectivity index (χ1v) is 9.99. The lowest BCUT2D eigenvalue weighted by Gasteiger charge is -2.19. The molecular formula is C18H16F2N4O6S. The summed E-state index contributed by atoms with van der Waals surface area (Å²) in [6.07, 6.45) is 0.965. The van der Waals surface area contributed by atoms with Crippen LogP contribution in [0, 0.1) is 11.6 Å². The van der Waals surface area contributed by atoms with Gasteiger partial charge in [-0.3, -0.25) is 9.69 Å². The smallest absolute Gasteiger partial charge is 0.329 e. The number of ether oxygens (including phenoxy) is 1. The van der Waals surface area contributed by atoms with E-state index in [0.717, 1.165) is 28.4 Å². The molecule has 31 heavy (non-hydrogen) atoms. The second kappa shape index (κ2) is 7.81. The van der Waals surface area contributed by atoms with Gasteiger partial charge in [-0.05, 0) is 25.0 Å². The maximum atomic E-state index is 14.1. The van der Waals surface area contributed by atoms with Crippen LogP contribution in [0.15, 0.2) is 12.1 Å². The Bertz CT molecular complexity index is 1070. The molecule has 13 heteroatoms. The molecule has 2 heterocycles. The number of amides is 3. The molecule has 1 aromatic carbocycles. The molecule has 2 fully saturated rings. The summed E-state index contributed by atoms with van der Waals surface area (Å²) >= 11 is 0.950. The average Bonchev–Trinajstić information content (AvgIpc) is 3.36. The topological polar surface area (TPSA) is 133 Å². The Morgan fingerprint density at radius 2 is 2.00 bits per heavy atom. The van der Waals surface area contributed by atoms with Gasteiger partial charge in [-0.25, -0.2) is 18.4 Å². The number of hydrogen-bond acceptors (Lipinski definition) is 8. The number of carboxylic acids is 1. The van der Waals surface area contributed by atoms with Crippen LogP contribution in [0.25, 0.3) is 10.6 Å². The Balaban J connectivity index is 1.48. The van der Waals surface area contributed by atoms with Crippen molar-refractivity contribution >= 4 is 29.2 Å². The number of urea groups is 1. The van der Waals surface area contributed by atoms with E-state index < -0.39 is 41.5 Å². The zero-order valence-electron chi connectivity index (χ0n) is 15.9. The van der Waals surface area contributed by atoms with Crippen LogP contribution < -0.4 is 0 Å². The molecule has 10 nitrogen and oxygen atoms in total. The highest BCUT2D eigenvalue weighted by molar-refractivity contribution is 7.14. The predicted molar refractivity (Wildman–Crippen MR) is 100.0 cm³/mol. The number of rotatable bonds is 8. The number of carbonyl (C=O) groups is 3. The molecule has 2 N–H and O–H groups in total. The average molecular weight is 454 g/mol. The van der Waals surface area contributed by atoms with Crippen LogP contribution in [-0.2, 0) is 20.9 Å². The molecule has 0 atom stereocenters. The lowest BCUT2D eigenvalue weighted by molar-refractivity contribution is -0.142. The van der Waals surface area contributed by atoms with Gasteiger partial charge in [0.1, 0.15) is 17.2 Å². The molecule has 1 spiro atoms. The number of hydrogen-bond donors (Lipinski definition) is 2. The summed E-state index contributed by atoms with van der Waals surface area (Å²) in [5.41, 5.74) is -1.10. The Morgan fingerprint density at radius 3 is 2.68 bits per heavy atom. The number of aliphatic carboxylic acids is 1. The molecule has 0 unspecified atom stereocenters. The molecule has 2 aliphatic rings. The number of carbonyl (C=O) groups excluding carboxylic acids is 2. The molecule has 1 aliphatic heterocycles. The highest BCUT2D eigenvalue weighted by Gasteiger charge is 2.64. The highest BCUT2D eigenvalue weighted by Crippen LogP contribution is 2.48. The molecule has 2 aromatic rings. The van der Waals surface area contributed by atoms with Crippen LogP contribution in [0.5, 0.6) is 5.75 Å². The van der Waals surface area contributed by atoms with Gasteiger partial charge in [-0.15, -0.1) is 10.2 Å². The van der Waals surface area contributed by atoms with Crippen molar-refractivity contribution in [2.24, 2.45) is 0 Å². The molecule has 1 saturated heterocycles. The maximum absolute atomic E-state index is 14.1. The third-order valence-corrected chi connectivity index (χ3v) is 6.03. The van der Waals surface area contributed by atoms with E-state index in [-0.39, 0.29) is 36.2 Å². The van der Waals surface area contributed by atoms with Gasteiger partial charge in [0.05, 0.1) is 25.3 Å². The van der Waals surface area contributed by atoms with E-state index in [9.17, 15) is 28.3 Å². The molecular weight excluding hydrogens is 438 g/mol. The normalized spacial score (nSPS) is 17.1. The summed E-state index contributed by atoms with van der Waals surface area (Å²) in [5, 5.41) is 26.2. The van der Waals surface area contributed by atoms with Crippen molar-refractivity contribution in [3.05, 3.63) is 28.8 Å². The van der Waals surface area contributed by atoms with E-state index in [2.05, 4.69) is 10.2 Å². The molecule has 0 radical (unpaired) electrons. The van der Waals surface area contributed by atoms with Gasteiger partial charge in [-0.1, -0.05) is 11.3 Å². The second-order valence-electron chi connectivity index (χ2n) is 7.06. The third kappa shape index (κ3) is 3.70. The van der Waals surface area contributed by atoms with Crippen molar-refractivity contribution in [1.82, 2.24) is 20.0 Å². The first-order valence-electron chi connectivity index (χ1n) is 9.17. The number of benzene rings is 1. The SMILES string of the molecule is O=C(O)COCCN1C(=O)N(Cc2nnc(-c3ccc(F)c(O)c3F)s2)C2(CC2)C1=O. The van der Waals surface area contributed by atoms with Crippen LogP contribution >= 0.6 is 11.3 Å². The standard InChI is InChI=1S/C18H16F2N4O6S/c19-10-2-1-9(13(20)14(10)27)15-22-21-11(31-15)7-24-17(29)23(5-6-30-8-12(25)26)16(28)18(24)3-4-18/h1-2,27H,3-8H2,(H,25,26). The fourth-order valence-electron chi connectivity index (χ4n) is 3.38. The lowest BCUT2D eigenvalue weighted by Crippen LogP contribution is -2.36. The van der Waals surface area contributed by atoms with Gasteiger partial charge in [0.2, 0.25) is 0 Å². The van der Waals surface area contributed by atoms with E-state index in [4.69, 9.17) is 9.84 Å². The highest BCUT2D eigenvalue weighted by atomic mass is 32.1. The molecule has 1 aromatic heterocycles. The largest absolute Gasteiger partial charge is 0.503 e. The zero-order chi connectivity index (χ0) is 22.3. The summed E-state index contributed by atoms with van der Waals surface area (Å²) < 4.78 is 32.3. The Labute approximate surface area is 177 Å². The number of aromatic nitrogens is 2. The maximum Gasteiger partial charge on any atom is 0.329 e. The zero-order valence-corrected chi connectivity index (χ0v) is 16.7. The van der Waals surface area contributed by atoms with E-state index >= 15 is 0 Å². The quantitative estimate of drug-likeness (QED) is 0.454. The van der Waals surface area contributed by atoms with Gasteiger partial charge >= 0.3 is 12.0 Å². The van der Waals surface area contributed by atoms with Crippen LogP contribution in [0.1, 0.15) is 17.8 Å². The van der Waals surface area contributed by atoms with E-state index in [1.54, 1.807) is 0 Å². The second-order valence-corrected chi connectivity index (χ2v) is 8.12. The fourth-order valence-corrected chi connectivity index (χ4v) is 4.23. The first-order chi connectivity index (χ1) is 14.7. The van der Waals surface area contributed by atoms with Crippen molar-refractivity contribution in [2.45, 2.75) is 24.9 Å². The van der Waals surface area contributed by atoms with E-state index in [0.29, 0.717) is 17.8 Å². The number of phenolic OH excluding ortho intramolecular Hbond substituents is 1. The molecule has 0 bridgehead atoms. The van der Waals surface area contributed by atoms with Crippen molar-refractivity contribution in [1.29, 1.82) is 0 Å². The minimum Gasteiger partial charge on any atom is -0.503 e. The van der Waals surface area contributed by atoms with Gasteiger partial charge in [0, 0.05) is 0 Å². The van der Waals surface area contributed by atoms with Crippen molar-refractivity contribution in [3.8, 4) is 16.3 Å². The van der Waals surface area contributed by atoms with E-state index in [1.165, 1.54) is 4.90 Å². The van der Waals surface area contributed by atoms with Crippen LogP contribution in [-0.4, -0.2) is 73.4 Å². The van der Waals surface area contributed by atoms with Crippen LogP contribution in [0.2, 0.25) is 0 Å². The number of halogens is 2.